The Kier molecular flexibility index (Phi) is 4.46. The number of nitrogens with zero attached hydrogens (tertiary/aromatic N) is 3. The molecule has 1 heterocycles. The normalized spacial score (nSPS) is 11.4. The Labute approximate surface area is 123 Å². The van der Waals surface area contributed by atoms with Gasteiger partial charge in [0.2, 0.25) is 0 Å². The fraction of sp³-hybridized carbons (Fsp3) is 0.385. The van der Waals surface area contributed by atoms with E-state index in [1.165, 1.54) is 6.07 Å². The average Bonchev–Trinajstić information content (AvgIpc) is 2.96. The van der Waals surface area contributed by atoms with Gasteiger partial charge in [0.05, 0.1) is 13.2 Å². The fourth-order valence-corrected chi connectivity index (χ4v) is 3.02. The van der Waals surface area contributed by atoms with Crippen molar-refractivity contribution in [1.82, 2.24) is 14.2 Å². The zero-order valence-electron chi connectivity index (χ0n) is 12.1. The van der Waals surface area contributed by atoms with Crippen LogP contribution in [0.5, 0.6) is 11.5 Å². The topological polar surface area (TPSA) is 83.3 Å². The SMILES string of the molecule is CCOc1cc(S(=O)(=O)n2cncn2)c(OCC)cc1C. The molecule has 0 aliphatic rings. The van der Waals surface area contributed by atoms with Gasteiger partial charge in [0.1, 0.15) is 29.0 Å². The molecule has 1 aromatic heterocycles. The minimum atomic E-state index is -3.87. The summed E-state index contributed by atoms with van der Waals surface area (Å²) in [4.78, 5) is 3.67. The molecule has 0 N–H and O–H groups in total. The van der Waals surface area contributed by atoms with Crippen LogP contribution in [0.2, 0.25) is 0 Å². The summed E-state index contributed by atoms with van der Waals surface area (Å²) < 4.78 is 36.9. The molecule has 7 nitrogen and oxygen atoms in total. The lowest BCUT2D eigenvalue weighted by atomic mass is 10.2. The lowest BCUT2D eigenvalue weighted by molar-refractivity contribution is 0.320. The fourth-order valence-electron chi connectivity index (χ4n) is 1.85. The van der Waals surface area contributed by atoms with Gasteiger partial charge in [-0.2, -0.15) is 8.42 Å². The highest BCUT2D eigenvalue weighted by molar-refractivity contribution is 7.90. The van der Waals surface area contributed by atoms with Crippen molar-refractivity contribution in [3.05, 3.63) is 30.4 Å². The standard InChI is InChI=1S/C13H17N3O4S/c1-4-19-11-7-13(12(20-5-2)6-10(11)3)21(17,18)16-9-14-8-15-16/h6-9H,4-5H2,1-3H3. The number of hydrogen-bond acceptors (Lipinski definition) is 6. The van der Waals surface area contributed by atoms with Gasteiger partial charge in [-0.1, -0.05) is 0 Å². The van der Waals surface area contributed by atoms with Crippen molar-refractivity contribution in [1.29, 1.82) is 0 Å². The molecule has 0 fully saturated rings. The maximum atomic E-state index is 12.6. The molecule has 0 unspecified atom stereocenters. The molecule has 0 saturated carbocycles. The van der Waals surface area contributed by atoms with Crippen LogP contribution in [0.4, 0.5) is 0 Å². The molecule has 0 atom stereocenters. The van der Waals surface area contributed by atoms with Crippen molar-refractivity contribution in [2.24, 2.45) is 0 Å². The van der Waals surface area contributed by atoms with E-state index in [1.54, 1.807) is 13.0 Å². The van der Waals surface area contributed by atoms with Crippen LogP contribution < -0.4 is 9.47 Å². The molecule has 21 heavy (non-hydrogen) atoms. The highest BCUT2D eigenvalue weighted by atomic mass is 32.2. The van der Waals surface area contributed by atoms with Crippen LogP contribution in [0.1, 0.15) is 19.4 Å². The van der Waals surface area contributed by atoms with E-state index in [1.807, 2.05) is 13.8 Å². The van der Waals surface area contributed by atoms with E-state index in [-0.39, 0.29) is 10.6 Å². The Morgan fingerprint density at radius 1 is 1.14 bits per heavy atom. The summed E-state index contributed by atoms with van der Waals surface area (Å²) in [5.74, 6) is 0.772. The molecule has 2 rings (SSSR count). The van der Waals surface area contributed by atoms with Crippen LogP contribution in [-0.4, -0.2) is 35.8 Å². The van der Waals surface area contributed by atoms with E-state index in [0.29, 0.717) is 19.0 Å². The van der Waals surface area contributed by atoms with Crippen LogP contribution in [-0.2, 0) is 10.0 Å². The number of aromatic nitrogens is 3. The number of rotatable bonds is 6. The van der Waals surface area contributed by atoms with Crippen molar-refractivity contribution >= 4 is 10.0 Å². The monoisotopic (exact) mass is 311 g/mol. The number of benzene rings is 1. The summed E-state index contributed by atoms with van der Waals surface area (Å²) in [6, 6.07) is 3.11. The summed E-state index contributed by atoms with van der Waals surface area (Å²) in [5, 5.41) is 3.68. The summed E-state index contributed by atoms with van der Waals surface area (Å²) in [6.45, 7) is 6.25. The van der Waals surface area contributed by atoms with Gasteiger partial charge in [0.25, 0.3) is 10.0 Å². The third-order valence-electron chi connectivity index (χ3n) is 2.76. The van der Waals surface area contributed by atoms with Gasteiger partial charge in [-0.15, -0.1) is 9.19 Å². The summed E-state index contributed by atoms with van der Waals surface area (Å²) in [7, 11) is -3.87. The van der Waals surface area contributed by atoms with Crippen LogP contribution in [0.25, 0.3) is 0 Å². The second-order valence-electron chi connectivity index (χ2n) is 4.20. The van der Waals surface area contributed by atoms with E-state index in [4.69, 9.17) is 9.47 Å². The highest BCUT2D eigenvalue weighted by Gasteiger charge is 2.24. The number of ether oxygens (including phenoxy) is 2. The van der Waals surface area contributed by atoms with Crippen molar-refractivity contribution in [3.8, 4) is 11.5 Å². The highest BCUT2D eigenvalue weighted by Crippen LogP contribution is 2.32. The molecule has 0 radical (unpaired) electrons. The molecule has 0 saturated heterocycles. The van der Waals surface area contributed by atoms with Crippen LogP contribution in [0.15, 0.2) is 29.7 Å². The van der Waals surface area contributed by atoms with E-state index >= 15 is 0 Å². The largest absolute Gasteiger partial charge is 0.494 e. The summed E-state index contributed by atoms with van der Waals surface area (Å²) in [5.41, 5.74) is 0.804. The zero-order valence-corrected chi connectivity index (χ0v) is 12.9. The van der Waals surface area contributed by atoms with Crippen LogP contribution in [0, 0.1) is 6.92 Å². The van der Waals surface area contributed by atoms with Gasteiger partial charge in [0, 0.05) is 6.07 Å². The second kappa shape index (κ2) is 6.13. The molecular formula is C13H17N3O4S. The van der Waals surface area contributed by atoms with E-state index in [0.717, 1.165) is 22.3 Å². The van der Waals surface area contributed by atoms with E-state index in [2.05, 4.69) is 10.1 Å². The molecule has 114 valence electrons. The molecule has 1 aromatic carbocycles. The Morgan fingerprint density at radius 2 is 1.81 bits per heavy atom. The van der Waals surface area contributed by atoms with Crippen LogP contribution in [0.3, 0.4) is 0 Å². The third kappa shape index (κ3) is 2.99. The van der Waals surface area contributed by atoms with Crippen LogP contribution >= 0.6 is 0 Å². The van der Waals surface area contributed by atoms with Crippen molar-refractivity contribution in [2.45, 2.75) is 25.7 Å². The lowest BCUT2D eigenvalue weighted by Gasteiger charge is -2.15. The van der Waals surface area contributed by atoms with Gasteiger partial charge < -0.3 is 9.47 Å². The van der Waals surface area contributed by atoms with Crippen molar-refractivity contribution < 1.29 is 17.9 Å². The zero-order chi connectivity index (χ0) is 15.5. The summed E-state index contributed by atoms with van der Waals surface area (Å²) >= 11 is 0. The first kappa shape index (κ1) is 15.3. The van der Waals surface area contributed by atoms with Crippen molar-refractivity contribution in [3.63, 3.8) is 0 Å². The molecule has 0 bridgehead atoms. The van der Waals surface area contributed by atoms with Gasteiger partial charge in [-0.05, 0) is 32.4 Å². The molecule has 0 aliphatic heterocycles. The van der Waals surface area contributed by atoms with E-state index < -0.39 is 10.0 Å². The first-order valence-electron chi connectivity index (χ1n) is 6.51. The molecule has 0 amide bonds. The second-order valence-corrected chi connectivity index (χ2v) is 5.97. The molecule has 0 spiro atoms. The maximum absolute atomic E-state index is 12.6. The summed E-state index contributed by atoms with van der Waals surface area (Å²) in [6.07, 6.45) is 2.29. The smallest absolute Gasteiger partial charge is 0.288 e. The Balaban J connectivity index is 2.62. The lowest BCUT2D eigenvalue weighted by Crippen LogP contribution is -2.15. The Hall–Kier alpha value is -2.09. The Morgan fingerprint density at radius 3 is 2.38 bits per heavy atom. The minimum absolute atomic E-state index is 0.00361. The predicted molar refractivity (Wildman–Crippen MR) is 76.1 cm³/mol. The van der Waals surface area contributed by atoms with Crippen molar-refractivity contribution in [2.75, 3.05) is 13.2 Å². The maximum Gasteiger partial charge on any atom is 0.288 e. The van der Waals surface area contributed by atoms with Gasteiger partial charge in [-0.3, -0.25) is 0 Å². The Bertz CT molecular complexity index is 711. The number of aryl methyl sites for hydroxylation is 1. The molecule has 8 heteroatoms. The first-order valence-corrected chi connectivity index (χ1v) is 7.95. The molecular weight excluding hydrogens is 294 g/mol. The minimum Gasteiger partial charge on any atom is -0.494 e. The average molecular weight is 311 g/mol. The third-order valence-corrected chi connectivity index (χ3v) is 4.32. The van der Waals surface area contributed by atoms with E-state index in [9.17, 15) is 8.42 Å². The number of hydrogen-bond donors (Lipinski definition) is 0. The van der Waals surface area contributed by atoms with Gasteiger partial charge in [-0.25, -0.2) is 4.98 Å². The predicted octanol–water partition coefficient (Wildman–Crippen LogP) is 1.62. The van der Waals surface area contributed by atoms with Gasteiger partial charge >= 0.3 is 0 Å². The molecule has 0 aliphatic carbocycles. The van der Waals surface area contributed by atoms with Gasteiger partial charge in [0.15, 0.2) is 0 Å². The molecule has 2 aromatic rings. The quantitative estimate of drug-likeness (QED) is 0.806. The first-order chi connectivity index (χ1) is 10.0.